The number of hydrogen-bond acceptors (Lipinski definition) is 5. The van der Waals surface area contributed by atoms with Gasteiger partial charge in [-0.15, -0.1) is 0 Å². The first kappa shape index (κ1) is 15.0. The van der Waals surface area contributed by atoms with Crippen molar-refractivity contribution in [1.82, 2.24) is 14.9 Å². The van der Waals surface area contributed by atoms with E-state index >= 15 is 0 Å². The lowest BCUT2D eigenvalue weighted by Crippen LogP contribution is -2.41. The highest BCUT2D eigenvalue weighted by atomic mass is 32.2. The van der Waals surface area contributed by atoms with E-state index in [1.54, 1.807) is 6.92 Å². The molecule has 0 radical (unpaired) electrons. The Bertz CT molecular complexity index is 512. The fraction of sp³-hybridized carbons (Fsp3) is 0.556. The highest BCUT2D eigenvalue weighted by Gasteiger charge is 2.26. The molecule has 0 amide bonds. The quantitative estimate of drug-likeness (QED) is 0.662. The summed E-state index contributed by atoms with van der Waals surface area (Å²) in [6.07, 6.45) is 3.21. The van der Waals surface area contributed by atoms with E-state index in [1.807, 2.05) is 6.26 Å². The molecule has 0 aliphatic rings. The van der Waals surface area contributed by atoms with Crippen molar-refractivity contribution in [3.8, 4) is 0 Å². The second-order valence-electron chi connectivity index (χ2n) is 3.65. The molecule has 0 bridgehead atoms. The maximum Gasteiger partial charge on any atom is 0.321 e. The largest absolute Gasteiger partial charge is 0.480 e. The van der Waals surface area contributed by atoms with Crippen LogP contribution in [0.4, 0.5) is 0 Å². The molecule has 1 atom stereocenters. The average Bonchev–Trinajstić information content (AvgIpc) is 2.71. The first-order valence-electron chi connectivity index (χ1n) is 5.12. The van der Waals surface area contributed by atoms with Crippen LogP contribution in [0, 0.1) is 6.92 Å². The molecule has 0 fully saturated rings. The highest BCUT2D eigenvalue weighted by Crippen LogP contribution is 2.12. The lowest BCUT2D eigenvalue weighted by molar-refractivity contribution is -0.139. The molecule has 0 spiro atoms. The summed E-state index contributed by atoms with van der Waals surface area (Å²) in [4.78, 5) is 10.9. The second kappa shape index (κ2) is 6.21. The van der Waals surface area contributed by atoms with Crippen LogP contribution in [-0.4, -0.2) is 47.7 Å². The summed E-state index contributed by atoms with van der Waals surface area (Å²) in [5.41, 5.74) is 0.372. The topological polar surface area (TPSA) is 112 Å². The number of aliphatic carboxylic acids is 1. The number of carboxylic acids is 1. The molecular weight excluding hydrogens is 278 g/mol. The smallest absolute Gasteiger partial charge is 0.321 e. The van der Waals surface area contributed by atoms with Crippen LogP contribution in [-0.2, 0) is 14.8 Å². The number of thioether (sulfide) groups is 1. The van der Waals surface area contributed by atoms with Gasteiger partial charge in [-0.3, -0.25) is 9.89 Å². The molecule has 1 aromatic heterocycles. The number of hydrogen-bond donors (Lipinski definition) is 3. The summed E-state index contributed by atoms with van der Waals surface area (Å²) >= 11 is 1.46. The van der Waals surface area contributed by atoms with Crippen LogP contribution in [0.2, 0.25) is 0 Å². The van der Waals surface area contributed by atoms with E-state index in [0.717, 1.165) is 6.20 Å². The Labute approximate surface area is 109 Å². The number of carbonyl (C=O) groups is 1. The summed E-state index contributed by atoms with van der Waals surface area (Å²) < 4.78 is 26.1. The molecule has 9 heteroatoms. The number of carboxylic acid groups (broad SMARTS) is 1. The summed E-state index contributed by atoms with van der Waals surface area (Å²) in [7, 11) is -3.86. The Morgan fingerprint density at radius 3 is 2.78 bits per heavy atom. The van der Waals surface area contributed by atoms with Gasteiger partial charge in [-0.2, -0.15) is 21.6 Å². The zero-order valence-corrected chi connectivity index (χ0v) is 11.6. The van der Waals surface area contributed by atoms with Crippen molar-refractivity contribution in [2.75, 3.05) is 12.0 Å². The Balaban J connectivity index is 2.86. The van der Waals surface area contributed by atoms with Gasteiger partial charge in [-0.25, -0.2) is 8.42 Å². The Hall–Kier alpha value is -1.06. The van der Waals surface area contributed by atoms with Gasteiger partial charge in [0.25, 0.3) is 0 Å². The summed E-state index contributed by atoms with van der Waals surface area (Å²) in [6, 6.07) is -1.13. The van der Waals surface area contributed by atoms with Gasteiger partial charge in [0.2, 0.25) is 10.0 Å². The lowest BCUT2D eigenvalue weighted by atomic mass is 10.2. The van der Waals surface area contributed by atoms with Crippen LogP contribution >= 0.6 is 11.8 Å². The minimum Gasteiger partial charge on any atom is -0.480 e. The maximum atomic E-state index is 12.0. The van der Waals surface area contributed by atoms with E-state index in [1.165, 1.54) is 11.8 Å². The van der Waals surface area contributed by atoms with Gasteiger partial charge in [-0.1, -0.05) is 0 Å². The molecule has 0 saturated carbocycles. The maximum absolute atomic E-state index is 12.0. The first-order chi connectivity index (χ1) is 8.38. The third-order valence-electron chi connectivity index (χ3n) is 2.28. The zero-order chi connectivity index (χ0) is 13.8. The number of nitrogens with one attached hydrogen (secondary N) is 2. The monoisotopic (exact) mass is 293 g/mol. The first-order valence-corrected chi connectivity index (χ1v) is 8.00. The van der Waals surface area contributed by atoms with E-state index < -0.39 is 22.0 Å². The molecule has 1 aromatic rings. The molecule has 0 saturated heterocycles. The van der Waals surface area contributed by atoms with Gasteiger partial charge in [0.1, 0.15) is 10.9 Å². The van der Waals surface area contributed by atoms with Crippen molar-refractivity contribution in [1.29, 1.82) is 0 Å². The van der Waals surface area contributed by atoms with Crippen molar-refractivity contribution in [2.45, 2.75) is 24.3 Å². The van der Waals surface area contributed by atoms with E-state index in [9.17, 15) is 13.2 Å². The number of rotatable bonds is 7. The molecule has 18 heavy (non-hydrogen) atoms. The normalized spacial score (nSPS) is 13.4. The molecule has 0 aliphatic carbocycles. The van der Waals surface area contributed by atoms with Crippen LogP contribution in [0.5, 0.6) is 0 Å². The molecule has 0 aliphatic heterocycles. The summed E-state index contributed by atoms with van der Waals surface area (Å²) in [6.45, 7) is 1.55. The average molecular weight is 293 g/mol. The number of H-pyrrole nitrogens is 1. The predicted molar refractivity (Wildman–Crippen MR) is 68.1 cm³/mol. The second-order valence-corrected chi connectivity index (χ2v) is 6.32. The summed E-state index contributed by atoms with van der Waals surface area (Å²) in [5, 5.41) is 15.1. The van der Waals surface area contributed by atoms with Crippen LogP contribution in [0.3, 0.4) is 0 Å². The standard InChI is InChI=1S/C9H15N3O4S2/c1-6-8(5-10-11-6)18(15,16)12-7(9(13)14)3-4-17-2/h5,7,12H,3-4H2,1-2H3,(H,10,11)(H,13,14). The minimum absolute atomic E-state index is 0.0297. The Morgan fingerprint density at radius 2 is 2.33 bits per heavy atom. The molecule has 1 heterocycles. The van der Waals surface area contributed by atoms with Gasteiger partial charge in [0.05, 0.1) is 11.9 Å². The predicted octanol–water partition coefficient (Wildman–Crippen LogP) is 0.203. The number of nitrogens with zero attached hydrogens (tertiary/aromatic N) is 1. The molecule has 7 nitrogen and oxygen atoms in total. The van der Waals surface area contributed by atoms with E-state index in [0.29, 0.717) is 11.4 Å². The molecule has 1 rings (SSSR count). The van der Waals surface area contributed by atoms with Gasteiger partial charge >= 0.3 is 5.97 Å². The number of sulfonamides is 1. The highest BCUT2D eigenvalue weighted by molar-refractivity contribution is 7.98. The molecule has 3 N–H and O–H groups in total. The fourth-order valence-corrected chi connectivity index (χ4v) is 3.16. The third kappa shape index (κ3) is 3.72. The number of aromatic nitrogens is 2. The van der Waals surface area contributed by atoms with E-state index in [2.05, 4.69) is 14.9 Å². The van der Waals surface area contributed by atoms with Crippen molar-refractivity contribution in [3.05, 3.63) is 11.9 Å². The van der Waals surface area contributed by atoms with Crippen molar-refractivity contribution in [3.63, 3.8) is 0 Å². The lowest BCUT2D eigenvalue weighted by Gasteiger charge is -2.13. The Kier molecular flexibility index (Phi) is 5.17. The number of aromatic amines is 1. The summed E-state index contributed by atoms with van der Waals surface area (Å²) in [5.74, 6) is -0.627. The minimum atomic E-state index is -3.86. The van der Waals surface area contributed by atoms with Gasteiger partial charge in [-0.05, 0) is 25.4 Å². The van der Waals surface area contributed by atoms with Crippen molar-refractivity contribution >= 4 is 27.8 Å². The fourth-order valence-electron chi connectivity index (χ4n) is 1.33. The van der Waals surface area contributed by atoms with Crippen molar-refractivity contribution < 1.29 is 18.3 Å². The molecule has 102 valence electrons. The number of aryl methyl sites for hydroxylation is 1. The van der Waals surface area contributed by atoms with Crippen LogP contribution in [0.1, 0.15) is 12.1 Å². The van der Waals surface area contributed by atoms with Gasteiger partial charge in [0, 0.05) is 0 Å². The van der Waals surface area contributed by atoms with Crippen LogP contribution in [0.15, 0.2) is 11.1 Å². The van der Waals surface area contributed by atoms with Crippen LogP contribution < -0.4 is 4.72 Å². The Morgan fingerprint density at radius 1 is 1.67 bits per heavy atom. The molecular formula is C9H15N3O4S2. The van der Waals surface area contributed by atoms with E-state index in [-0.39, 0.29) is 11.3 Å². The van der Waals surface area contributed by atoms with Gasteiger partial charge < -0.3 is 5.11 Å². The van der Waals surface area contributed by atoms with E-state index in [4.69, 9.17) is 5.11 Å². The molecule has 0 aromatic carbocycles. The molecule has 1 unspecified atom stereocenters. The van der Waals surface area contributed by atoms with Crippen molar-refractivity contribution in [2.24, 2.45) is 0 Å². The third-order valence-corrected chi connectivity index (χ3v) is 4.51. The SMILES string of the molecule is CSCCC(NS(=O)(=O)c1cn[nH]c1C)C(=O)O. The van der Waals surface area contributed by atoms with Crippen LogP contribution in [0.25, 0.3) is 0 Å². The van der Waals surface area contributed by atoms with Gasteiger partial charge in [0.15, 0.2) is 0 Å². The zero-order valence-electron chi connectivity index (χ0n) is 10.0.